The maximum atomic E-state index is 9.71. The van der Waals surface area contributed by atoms with Gasteiger partial charge < -0.3 is 9.84 Å². The van der Waals surface area contributed by atoms with E-state index in [-0.39, 0.29) is 6.10 Å². The third-order valence-electron chi connectivity index (χ3n) is 2.12. The Morgan fingerprint density at radius 1 is 1.46 bits per heavy atom. The smallest absolute Gasteiger partial charge is 0.124 e. The summed E-state index contributed by atoms with van der Waals surface area (Å²) in [4.78, 5) is 0. The van der Waals surface area contributed by atoms with Crippen molar-refractivity contribution in [2.75, 3.05) is 6.61 Å². The summed E-state index contributed by atoms with van der Waals surface area (Å²) in [5, 5.41) is 9.71. The van der Waals surface area contributed by atoms with Gasteiger partial charge in [0.25, 0.3) is 0 Å². The SMILES string of the molecule is CCOC(C)c1cccc(C)c1O. The molecule has 0 saturated carbocycles. The van der Waals surface area contributed by atoms with Crippen LogP contribution in [-0.4, -0.2) is 11.7 Å². The Kier molecular flexibility index (Phi) is 3.32. The molecule has 2 heteroatoms. The van der Waals surface area contributed by atoms with Crippen LogP contribution in [0.2, 0.25) is 0 Å². The van der Waals surface area contributed by atoms with Crippen LogP contribution in [0, 0.1) is 6.92 Å². The average molecular weight is 180 g/mol. The molecule has 0 bridgehead atoms. The zero-order valence-corrected chi connectivity index (χ0v) is 8.37. The maximum Gasteiger partial charge on any atom is 0.124 e. The zero-order chi connectivity index (χ0) is 9.84. The van der Waals surface area contributed by atoms with Crippen LogP contribution in [0.3, 0.4) is 0 Å². The van der Waals surface area contributed by atoms with Crippen LogP contribution in [0.25, 0.3) is 0 Å². The lowest BCUT2D eigenvalue weighted by molar-refractivity contribution is 0.0745. The molecule has 2 nitrogen and oxygen atoms in total. The molecular formula is C11H16O2. The lowest BCUT2D eigenvalue weighted by Gasteiger charge is -2.14. The lowest BCUT2D eigenvalue weighted by Crippen LogP contribution is -2.00. The summed E-state index contributed by atoms with van der Waals surface area (Å²) in [6, 6.07) is 5.71. The minimum absolute atomic E-state index is 0.0371. The molecule has 13 heavy (non-hydrogen) atoms. The van der Waals surface area contributed by atoms with Crippen LogP contribution in [0.1, 0.15) is 31.1 Å². The fourth-order valence-corrected chi connectivity index (χ4v) is 1.35. The van der Waals surface area contributed by atoms with Gasteiger partial charge in [-0.15, -0.1) is 0 Å². The van der Waals surface area contributed by atoms with Gasteiger partial charge in [-0.25, -0.2) is 0 Å². The summed E-state index contributed by atoms with van der Waals surface area (Å²) in [7, 11) is 0. The van der Waals surface area contributed by atoms with E-state index in [2.05, 4.69) is 0 Å². The topological polar surface area (TPSA) is 29.5 Å². The predicted molar refractivity (Wildman–Crippen MR) is 52.9 cm³/mol. The van der Waals surface area contributed by atoms with Crippen molar-refractivity contribution in [1.29, 1.82) is 0 Å². The highest BCUT2D eigenvalue weighted by atomic mass is 16.5. The van der Waals surface area contributed by atoms with Gasteiger partial charge in [-0.05, 0) is 26.3 Å². The van der Waals surface area contributed by atoms with E-state index in [1.807, 2.05) is 39.0 Å². The van der Waals surface area contributed by atoms with Crippen molar-refractivity contribution in [3.05, 3.63) is 29.3 Å². The van der Waals surface area contributed by atoms with Crippen LogP contribution in [-0.2, 0) is 4.74 Å². The number of phenols is 1. The second-order valence-electron chi connectivity index (χ2n) is 3.11. The molecule has 0 aliphatic carbocycles. The first-order valence-corrected chi connectivity index (χ1v) is 4.57. The molecule has 72 valence electrons. The molecule has 0 aliphatic heterocycles. The van der Waals surface area contributed by atoms with E-state index in [4.69, 9.17) is 4.74 Å². The van der Waals surface area contributed by atoms with Crippen molar-refractivity contribution in [1.82, 2.24) is 0 Å². The molecule has 1 atom stereocenters. The van der Waals surface area contributed by atoms with Gasteiger partial charge in [0.2, 0.25) is 0 Å². The minimum Gasteiger partial charge on any atom is -0.507 e. The molecule has 0 saturated heterocycles. The van der Waals surface area contributed by atoms with E-state index >= 15 is 0 Å². The molecule has 0 radical (unpaired) electrons. The van der Waals surface area contributed by atoms with Crippen molar-refractivity contribution in [3.63, 3.8) is 0 Å². The molecule has 0 amide bonds. The Morgan fingerprint density at radius 3 is 2.77 bits per heavy atom. The van der Waals surface area contributed by atoms with Gasteiger partial charge in [0.15, 0.2) is 0 Å². The van der Waals surface area contributed by atoms with Gasteiger partial charge in [-0.2, -0.15) is 0 Å². The number of phenolic OH excluding ortho intramolecular Hbond substituents is 1. The molecule has 1 N–H and O–H groups in total. The van der Waals surface area contributed by atoms with Gasteiger partial charge in [0.1, 0.15) is 5.75 Å². The number of benzene rings is 1. The van der Waals surface area contributed by atoms with E-state index in [0.29, 0.717) is 12.4 Å². The van der Waals surface area contributed by atoms with Crippen molar-refractivity contribution in [3.8, 4) is 5.75 Å². The summed E-state index contributed by atoms with van der Waals surface area (Å²) < 4.78 is 5.40. The van der Waals surface area contributed by atoms with Crippen LogP contribution >= 0.6 is 0 Å². The average Bonchev–Trinajstić information content (AvgIpc) is 2.10. The molecule has 0 fully saturated rings. The molecule has 0 aromatic heterocycles. The summed E-state index contributed by atoms with van der Waals surface area (Å²) in [6.45, 7) is 6.44. The van der Waals surface area contributed by atoms with E-state index < -0.39 is 0 Å². The first-order chi connectivity index (χ1) is 6.16. The molecular weight excluding hydrogens is 164 g/mol. The van der Waals surface area contributed by atoms with Crippen LogP contribution in [0.4, 0.5) is 0 Å². The number of aryl methyl sites for hydroxylation is 1. The second-order valence-corrected chi connectivity index (χ2v) is 3.11. The van der Waals surface area contributed by atoms with Gasteiger partial charge >= 0.3 is 0 Å². The fourth-order valence-electron chi connectivity index (χ4n) is 1.35. The number of rotatable bonds is 3. The fraction of sp³-hybridized carbons (Fsp3) is 0.455. The molecule has 1 aromatic rings. The highest BCUT2D eigenvalue weighted by Gasteiger charge is 2.10. The van der Waals surface area contributed by atoms with E-state index in [1.54, 1.807) is 0 Å². The molecule has 0 aliphatic rings. The number of hydrogen-bond donors (Lipinski definition) is 1. The third kappa shape index (κ3) is 2.22. The van der Waals surface area contributed by atoms with E-state index in [9.17, 15) is 5.11 Å². The predicted octanol–water partition coefficient (Wildman–Crippen LogP) is 2.80. The van der Waals surface area contributed by atoms with Crippen LogP contribution < -0.4 is 0 Å². The van der Waals surface area contributed by atoms with Gasteiger partial charge in [0, 0.05) is 12.2 Å². The van der Waals surface area contributed by atoms with Gasteiger partial charge in [-0.1, -0.05) is 18.2 Å². The Morgan fingerprint density at radius 2 is 2.15 bits per heavy atom. The first-order valence-electron chi connectivity index (χ1n) is 4.57. The minimum atomic E-state index is -0.0371. The van der Waals surface area contributed by atoms with Crippen molar-refractivity contribution < 1.29 is 9.84 Å². The van der Waals surface area contributed by atoms with Gasteiger partial charge in [0.05, 0.1) is 6.10 Å². The number of aromatic hydroxyl groups is 1. The van der Waals surface area contributed by atoms with Crippen LogP contribution in [0.5, 0.6) is 5.75 Å². The Balaban J connectivity index is 2.93. The molecule has 1 rings (SSSR count). The number of hydrogen-bond acceptors (Lipinski definition) is 2. The summed E-state index contributed by atoms with van der Waals surface area (Å²) in [6.07, 6.45) is -0.0371. The largest absolute Gasteiger partial charge is 0.507 e. The summed E-state index contributed by atoms with van der Waals surface area (Å²) in [5.74, 6) is 0.350. The number of para-hydroxylation sites is 1. The van der Waals surface area contributed by atoms with E-state index in [1.165, 1.54) is 0 Å². The van der Waals surface area contributed by atoms with Crippen LogP contribution in [0.15, 0.2) is 18.2 Å². The normalized spacial score (nSPS) is 12.8. The highest BCUT2D eigenvalue weighted by Crippen LogP contribution is 2.28. The van der Waals surface area contributed by atoms with E-state index in [0.717, 1.165) is 11.1 Å². The maximum absolute atomic E-state index is 9.71. The van der Waals surface area contributed by atoms with Crippen molar-refractivity contribution in [2.45, 2.75) is 26.9 Å². The Labute approximate surface area is 79.2 Å². The summed E-state index contributed by atoms with van der Waals surface area (Å²) >= 11 is 0. The second kappa shape index (κ2) is 4.28. The zero-order valence-electron chi connectivity index (χ0n) is 8.37. The Bertz CT molecular complexity index is 281. The molecule has 1 aromatic carbocycles. The standard InChI is InChI=1S/C11H16O2/c1-4-13-9(3)10-7-5-6-8(2)11(10)12/h5-7,9,12H,4H2,1-3H3. The Hall–Kier alpha value is -1.02. The first kappa shape index (κ1) is 10.1. The van der Waals surface area contributed by atoms with Crippen molar-refractivity contribution in [2.24, 2.45) is 0 Å². The lowest BCUT2D eigenvalue weighted by atomic mass is 10.1. The molecule has 0 spiro atoms. The van der Waals surface area contributed by atoms with Gasteiger partial charge in [-0.3, -0.25) is 0 Å². The number of ether oxygens (including phenoxy) is 1. The molecule has 0 heterocycles. The summed E-state index contributed by atoms with van der Waals surface area (Å²) in [5.41, 5.74) is 1.76. The van der Waals surface area contributed by atoms with Crippen molar-refractivity contribution >= 4 is 0 Å². The quantitative estimate of drug-likeness (QED) is 0.775. The third-order valence-corrected chi connectivity index (χ3v) is 2.12. The molecule has 1 unspecified atom stereocenters. The monoisotopic (exact) mass is 180 g/mol. The highest BCUT2D eigenvalue weighted by molar-refractivity contribution is 5.40.